The van der Waals surface area contributed by atoms with Gasteiger partial charge in [0, 0.05) is 12.8 Å². The van der Waals surface area contributed by atoms with E-state index < -0.39 is 11.4 Å². The second kappa shape index (κ2) is 3.31. The molecule has 0 aromatic heterocycles. The average molecular weight is 198 g/mol. The number of rotatable bonds is 2. The van der Waals surface area contributed by atoms with E-state index in [1.54, 1.807) is 0 Å². The number of carbonyl (C=O) groups is 1. The maximum absolute atomic E-state index is 11.0. The molecule has 1 saturated heterocycles. The van der Waals surface area contributed by atoms with Crippen molar-refractivity contribution < 1.29 is 14.3 Å². The Hall–Kier alpha value is -0.410. The fourth-order valence-electron chi connectivity index (χ4n) is 2.59. The van der Waals surface area contributed by atoms with Gasteiger partial charge >= 0.3 is 0 Å². The van der Waals surface area contributed by atoms with Crippen LogP contribution in [-0.2, 0) is 14.3 Å². The van der Waals surface area contributed by atoms with Crippen LogP contribution in [0.3, 0.4) is 0 Å². The SMILES string of the molecule is CCC1OC2(CCCC2)OC1(C)C=O. The lowest BCUT2D eigenvalue weighted by Gasteiger charge is -2.23. The quantitative estimate of drug-likeness (QED) is 0.637. The number of hydrogen-bond donors (Lipinski definition) is 0. The summed E-state index contributed by atoms with van der Waals surface area (Å²) in [7, 11) is 0. The van der Waals surface area contributed by atoms with Crippen molar-refractivity contribution in [2.75, 3.05) is 0 Å². The van der Waals surface area contributed by atoms with Gasteiger partial charge in [-0.3, -0.25) is 0 Å². The molecule has 0 aromatic rings. The van der Waals surface area contributed by atoms with Crippen LogP contribution in [-0.4, -0.2) is 23.8 Å². The summed E-state index contributed by atoms with van der Waals surface area (Å²) < 4.78 is 11.8. The molecule has 0 bridgehead atoms. The fraction of sp³-hybridized carbons (Fsp3) is 0.909. The van der Waals surface area contributed by atoms with Crippen LogP contribution >= 0.6 is 0 Å². The van der Waals surface area contributed by atoms with Crippen molar-refractivity contribution >= 4 is 6.29 Å². The molecular formula is C11H18O3. The summed E-state index contributed by atoms with van der Waals surface area (Å²) in [5.41, 5.74) is -0.723. The molecule has 2 aliphatic rings. The van der Waals surface area contributed by atoms with Crippen molar-refractivity contribution in [2.24, 2.45) is 0 Å². The maximum Gasteiger partial charge on any atom is 0.170 e. The van der Waals surface area contributed by atoms with E-state index in [4.69, 9.17) is 9.47 Å². The van der Waals surface area contributed by atoms with Gasteiger partial charge in [-0.1, -0.05) is 6.92 Å². The number of ether oxygens (including phenoxy) is 2. The van der Waals surface area contributed by atoms with E-state index in [-0.39, 0.29) is 6.10 Å². The van der Waals surface area contributed by atoms with Crippen molar-refractivity contribution in [1.29, 1.82) is 0 Å². The summed E-state index contributed by atoms with van der Waals surface area (Å²) in [5, 5.41) is 0. The molecule has 0 N–H and O–H groups in total. The first-order chi connectivity index (χ1) is 6.64. The first-order valence-corrected chi connectivity index (χ1v) is 5.48. The largest absolute Gasteiger partial charge is 0.343 e. The fourth-order valence-corrected chi connectivity index (χ4v) is 2.59. The Morgan fingerprint density at radius 2 is 2.07 bits per heavy atom. The molecule has 80 valence electrons. The summed E-state index contributed by atoms with van der Waals surface area (Å²) in [6, 6.07) is 0. The van der Waals surface area contributed by atoms with Crippen LogP contribution in [0.15, 0.2) is 0 Å². The van der Waals surface area contributed by atoms with Crippen LogP contribution in [0.1, 0.15) is 46.0 Å². The summed E-state index contributed by atoms with van der Waals surface area (Å²) in [4.78, 5) is 11.0. The minimum Gasteiger partial charge on any atom is -0.343 e. The summed E-state index contributed by atoms with van der Waals surface area (Å²) >= 11 is 0. The van der Waals surface area contributed by atoms with E-state index in [9.17, 15) is 4.79 Å². The van der Waals surface area contributed by atoms with Crippen LogP contribution in [0.4, 0.5) is 0 Å². The Morgan fingerprint density at radius 3 is 2.50 bits per heavy atom. The lowest BCUT2D eigenvalue weighted by Crippen LogP contribution is -2.38. The normalized spacial score (nSPS) is 40.6. The number of hydrogen-bond acceptors (Lipinski definition) is 3. The lowest BCUT2D eigenvalue weighted by atomic mass is 9.99. The van der Waals surface area contributed by atoms with Crippen molar-refractivity contribution in [1.82, 2.24) is 0 Å². The van der Waals surface area contributed by atoms with Gasteiger partial charge in [0.05, 0.1) is 6.10 Å². The first-order valence-electron chi connectivity index (χ1n) is 5.48. The highest BCUT2D eigenvalue weighted by Crippen LogP contribution is 2.46. The Kier molecular flexibility index (Phi) is 2.40. The zero-order valence-corrected chi connectivity index (χ0v) is 8.91. The van der Waals surface area contributed by atoms with Gasteiger partial charge in [-0.05, 0) is 26.2 Å². The second-order valence-corrected chi connectivity index (χ2v) is 4.54. The van der Waals surface area contributed by atoms with Crippen LogP contribution in [0.5, 0.6) is 0 Å². The predicted octanol–water partition coefficient (Wildman–Crippen LogP) is 2.04. The van der Waals surface area contributed by atoms with Crippen molar-refractivity contribution in [2.45, 2.75) is 63.4 Å². The molecule has 0 amide bonds. The van der Waals surface area contributed by atoms with E-state index in [0.717, 1.165) is 38.4 Å². The molecule has 1 spiro atoms. The van der Waals surface area contributed by atoms with Gasteiger partial charge in [-0.25, -0.2) is 0 Å². The van der Waals surface area contributed by atoms with Crippen molar-refractivity contribution in [3.05, 3.63) is 0 Å². The monoisotopic (exact) mass is 198 g/mol. The molecule has 1 heterocycles. The molecule has 2 fully saturated rings. The van der Waals surface area contributed by atoms with E-state index >= 15 is 0 Å². The van der Waals surface area contributed by atoms with Gasteiger partial charge in [0.1, 0.15) is 5.60 Å². The first kappa shape index (κ1) is 10.1. The molecule has 3 heteroatoms. The molecule has 2 unspecified atom stereocenters. The summed E-state index contributed by atoms with van der Waals surface area (Å²) in [6.07, 6.45) is 5.82. The predicted molar refractivity (Wildman–Crippen MR) is 51.9 cm³/mol. The van der Waals surface area contributed by atoms with Gasteiger partial charge in [0.2, 0.25) is 0 Å². The molecule has 0 radical (unpaired) electrons. The molecule has 0 aromatic carbocycles. The minimum absolute atomic E-state index is 0.0712. The molecule has 2 atom stereocenters. The molecule has 3 nitrogen and oxygen atoms in total. The molecule has 1 aliphatic heterocycles. The standard InChI is InChI=1S/C11H18O3/c1-3-9-10(2,8-12)14-11(13-9)6-4-5-7-11/h8-9H,3-7H2,1-2H3. The van der Waals surface area contributed by atoms with Gasteiger partial charge in [0.15, 0.2) is 12.1 Å². The second-order valence-electron chi connectivity index (χ2n) is 4.54. The zero-order valence-electron chi connectivity index (χ0n) is 8.91. The third-order valence-electron chi connectivity index (χ3n) is 3.37. The maximum atomic E-state index is 11.0. The highest BCUT2D eigenvalue weighted by molar-refractivity contribution is 5.63. The Bertz CT molecular complexity index is 233. The van der Waals surface area contributed by atoms with Crippen molar-refractivity contribution in [3.63, 3.8) is 0 Å². The van der Waals surface area contributed by atoms with E-state index in [0.29, 0.717) is 0 Å². The minimum atomic E-state index is -0.723. The Labute approximate surface area is 84.8 Å². The molecular weight excluding hydrogens is 180 g/mol. The van der Waals surface area contributed by atoms with Crippen LogP contribution in [0, 0.1) is 0 Å². The van der Waals surface area contributed by atoms with Gasteiger partial charge in [-0.2, -0.15) is 0 Å². The van der Waals surface area contributed by atoms with Crippen molar-refractivity contribution in [3.8, 4) is 0 Å². The van der Waals surface area contributed by atoms with E-state index in [1.165, 1.54) is 0 Å². The van der Waals surface area contributed by atoms with Crippen LogP contribution < -0.4 is 0 Å². The van der Waals surface area contributed by atoms with Crippen LogP contribution in [0.2, 0.25) is 0 Å². The zero-order chi connectivity index (χ0) is 10.2. The van der Waals surface area contributed by atoms with Crippen LogP contribution in [0.25, 0.3) is 0 Å². The molecule has 2 rings (SSSR count). The number of carbonyl (C=O) groups excluding carboxylic acids is 1. The Morgan fingerprint density at radius 1 is 1.43 bits per heavy atom. The molecule has 14 heavy (non-hydrogen) atoms. The smallest absolute Gasteiger partial charge is 0.170 e. The average Bonchev–Trinajstić information content (AvgIpc) is 2.73. The third kappa shape index (κ3) is 1.39. The topological polar surface area (TPSA) is 35.5 Å². The van der Waals surface area contributed by atoms with Gasteiger partial charge in [-0.15, -0.1) is 0 Å². The van der Waals surface area contributed by atoms with E-state index in [1.807, 2.05) is 13.8 Å². The summed E-state index contributed by atoms with van der Waals surface area (Å²) in [6.45, 7) is 3.87. The van der Waals surface area contributed by atoms with E-state index in [2.05, 4.69) is 0 Å². The molecule has 1 saturated carbocycles. The van der Waals surface area contributed by atoms with Gasteiger partial charge < -0.3 is 14.3 Å². The highest BCUT2D eigenvalue weighted by atomic mass is 16.8. The summed E-state index contributed by atoms with van der Waals surface area (Å²) in [5.74, 6) is -0.434. The highest BCUT2D eigenvalue weighted by Gasteiger charge is 2.54. The number of aldehydes is 1. The third-order valence-corrected chi connectivity index (χ3v) is 3.37. The Balaban J connectivity index is 2.18. The lowest BCUT2D eigenvalue weighted by molar-refractivity contribution is -0.181. The van der Waals surface area contributed by atoms with Gasteiger partial charge in [0.25, 0.3) is 0 Å². The molecule has 1 aliphatic carbocycles.